The van der Waals surface area contributed by atoms with Crippen LogP contribution < -0.4 is 5.56 Å². The summed E-state index contributed by atoms with van der Waals surface area (Å²) in [7, 11) is 0. The van der Waals surface area contributed by atoms with Crippen molar-refractivity contribution in [3.05, 3.63) is 76.2 Å². The molecule has 24 heavy (non-hydrogen) atoms. The van der Waals surface area contributed by atoms with Crippen LogP contribution in [0.2, 0.25) is 0 Å². The zero-order chi connectivity index (χ0) is 16.7. The van der Waals surface area contributed by atoms with Gasteiger partial charge in [-0.2, -0.15) is 9.78 Å². The molecule has 1 aromatic carbocycles. The average molecular weight is 317 g/mol. The first-order valence-electron chi connectivity index (χ1n) is 7.61. The molecule has 0 aliphatic heterocycles. The highest BCUT2D eigenvalue weighted by Crippen LogP contribution is 2.10. The number of fused-ring (bicyclic) bond motifs is 2. The van der Waals surface area contributed by atoms with E-state index in [9.17, 15) is 4.79 Å². The molecule has 0 saturated carbocycles. The molecule has 118 valence electrons. The number of hydrogen-bond donors (Lipinski definition) is 0. The van der Waals surface area contributed by atoms with E-state index in [2.05, 4.69) is 15.1 Å². The van der Waals surface area contributed by atoms with E-state index >= 15 is 0 Å². The van der Waals surface area contributed by atoms with Crippen molar-refractivity contribution in [2.24, 2.45) is 5.10 Å². The summed E-state index contributed by atoms with van der Waals surface area (Å²) in [5, 5.41) is 4.92. The lowest BCUT2D eigenvalue weighted by Crippen LogP contribution is -2.20. The van der Waals surface area contributed by atoms with Crippen molar-refractivity contribution in [2.45, 2.75) is 13.8 Å². The lowest BCUT2D eigenvalue weighted by atomic mass is 10.2. The van der Waals surface area contributed by atoms with Gasteiger partial charge in [-0.15, -0.1) is 0 Å². The third-order valence-electron chi connectivity index (χ3n) is 3.96. The van der Waals surface area contributed by atoms with Gasteiger partial charge in [0.2, 0.25) is 0 Å². The quantitative estimate of drug-likeness (QED) is 0.534. The lowest BCUT2D eigenvalue weighted by Gasteiger charge is -2.05. The summed E-state index contributed by atoms with van der Waals surface area (Å²) in [5.41, 5.74) is 3.03. The molecule has 0 aliphatic carbocycles. The summed E-state index contributed by atoms with van der Waals surface area (Å²) >= 11 is 0. The molecule has 4 aromatic rings. The first-order valence-corrected chi connectivity index (χ1v) is 7.61. The molecule has 0 radical (unpaired) electrons. The van der Waals surface area contributed by atoms with Crippen LogP contribution >= 0.6 is 0 Å². The molecule has 0 spiro atoms. The number of para-hydroxylation sites is 1. The Kier molecular flexibility index (Phi) is 3.23. The summed E-state index contributed by atoms with van der Waals surface area (Å²) in [6.07, 6.45) is 3.57. The highest BCUT2D eigenvalue weighted by molar-refractivity contribution is 5.81. The van der Waals surface area contributed by atoms with Crippen LogP contribution in [0.15, 0.2) is 58.6 Å². The van der Waals surface area contributed by atoms with Crippen LogP contribution in [-0.4, -0.2) is 25.3 Å². The maximum Gasteiger partial charge on any atom is 0.282 e. The Balaban J connectivity index is 1.88. The van der Waals surface area contributed by atoms with Gasteiger partial charge in [-0.25, -0.2) is 9.97 Å². The first-order chi connectivity index (χ1) is 11.6. The van der Waals surface area contributed by atoms with Crippen molar-refractivity contribution in [1.82, 2.24) is 19.0 Å². The van der Waals surface area contributed by atoms with Gasteiger partial charge in [-0.3, -0.25) is 9.20 Å². The van der Waals surface area contributed by atoms with Crippen molar-refractivity contribution in [3.63, 3.8) is 0 Å². The minimum absolute atomic E-state index is 0.180. The van der Waals surface area contributed by atoms with Crippen LogP contribution in [0.1, 0.15) is 17.2 Å². The first kappa shape index (κ1) is 14.3. The van der Waals surface area contributed by atoms with Crippen LogP contribution in [0.4, 0.5) is 0 Å². The van der Waals surface area contributed by atoms with Crippen molar-refractivity contribution in [1.29, 1.82) is 0 Å². The number of hydrogen-bond acceptors (Lipinski definition) is 4. The van der Waals surface area contributed by atoms with E-state index in [-0.39, 0.29) is 5.56 Å². The Hall–Kier alpha value is -3.28. The maximum atomic E-state index is 12.6. The molecule has 0 atom stereocenters. The third kappa shape index (κ3) is 2.20. The number of pyridine rings is 1. The zero-order valence-electron chi connectivity index (χ0n) is 13.3. The molecule has 4 rings (SSSR count). The molecule has 0 saturated heterocycles. The molecule has 0 unspecified atom stereocenters. The maximum absolute atomic E-state index is 12.6. The minimum Gasteiger partial charge on any atom is -0.298 e. The minimum atomic E-state index is -0.180. The Labute approximate surface area is 137 Å². The van der Waals surface area contributed by atoms with E-state index in [1.54, 1.807) is 19.2 Å². The summed E-state index contributed by atoms with van der Waals surface area (Å²) in [5.74, 6) is 0.543. The van der Waals surface area contributed by atoms with Crippen molar-refractivity contribution < 1.29 is 0 Å². The van der Waals surface area contributed by atoms with Crippen LogP contribution in [0.5, 0.6) is 0 Å². The summed E-state index contributed by atoms with van der Waals surface area (Å²) < 4.78 is 3.26. The van der Waals surface area contributed by atoms with Gasteiger partial charge < -0.3 is 0 Å². The second-order valence-electron chi connectivity index (χ2n) is 5.55. The molecular weight excluding hydrogens is 302 g/mol. The van der Waals surface area contributed by atoms with Crippen molar-refractivity contribution >= 4 is 22.8 Å². The van der Waals surface area contributed by atoms with E-state index in [1.807, 2.05) is 53.9 Å². The number of benzene rings is 1. The monoisotopic (exact) mass is 317 g/mol. The second-order valence-corrected chi connectivity index (χ2v) is 5.55. The topological polar surface area (TPSA) is 64.6 Å². The smallest absolute Gasteiger partial charge is 0.282 e. The normalized spacial score (nSPS) is 11.8. The molecule has 0 N–H and O–H groups in total. The van der Waals surface area contributed by atoms with Gasteiger partial charge in [-0.1, -0.05) is 18.2 Å². The van der Waals surface area contributed by atoms with Crippen molar-refractivity contribution in [2.75, 3.05) is 0 Å². The highest BCUT2D eigenvalue weighted by Gasteiger charge is 2.08. The third-order valence-corrected chi connectivity index (χ3v) is 3.96. The molecule has 0 aliphatic rings. The molecule has 0 bridgehead atoms. The predicted octanol–water partition coefficient (Wildman–Crippen LogP) is 2.54. The summed E-state index contributed by atoms with van der Waals surface area (Å²) in [6.45, 7) is 3.69. The summed E-state index contributed by atoms with van der Waals surface area (Å²) in [4.78, 5) is 21.6. The van der Waals surface area contributed by atoms with Gasteiger partial charge in [0, 0.05) is 6.20 Å². The van der Waals surface area contributed by atoms with E-state index in [4.69, 9.17) is 0 Å². The van der Waals surface area contributed by atoms with E-state index in [0.29, 0.717) is 16.7 Å². The zero-order valence-corrected chi connectivity index (χ0v) is 13.3. The number of imidazole rings is 1. The number of aromatic nitrogens is 4. The molecule has 3 heterocycles. The second kappa shape index (κ2) is 5.42. The van der Waals surface area contributed by atoms with Crippen LogP contribution in [0, 0.1) is 13.8 Å². The number of nitrogens with zero attached hydrogens (tertiary/aromatic N) is 5. The van der Waals surface area contributed by atoms with Crippen LogP contribution in [-0.2, 0) is 0 Å². The molecule has 6 nitrogen and oxygen atoms in total. The Morgan fingerprint density at radius 1 is 1.04 bits per heavy atom. The average Bonchev–Trinajstić information content (AvgIpc) is 2.90. The fourth-order valence-corrected chi connectivity index (χ4v) is 2.77. The van der Waals surface area contributed by atoms with Gasteiger partial charge in [0.05, 0.1) is 28.5 Å². The molecule has 6 heteroatoms. The molecule has 3 aromatic heterocycles. The molecular formula is C18H15N5O. The number of rotatable bonds is 2. The Bertz CT molecular complexity index is 1150. The SMILES string of the molecule is Cc1nc2ccccn2c1/C=N/n1c(C)nc2ccccc2c1=O. The Morgan fingerprint density at radius 2 is 1.83 bits per heavy atom. The lowest BCUT2D eigenvalue weighted by molar-refractivity contribution is 0.770. The standard InChI is InChI=1S/C18H15N5O/c1-12-16(22-10-6-5-9-17(22)20-12)11-19-23-13(2)21-15-8-4-3-7-14(15)18(23)24/h3-11H,1-2H3/b19-11+. The fraction of sp³-hybridized carbons (Fsp3) is 0.111. The van der Waals surface area contributed by atoms with Gasteiger partial charge in [-0.05, 0) is 38.1 Å². The van der Waals surface area contributed by atoms with Gasteiger partial charge in [0.1, 0.15) is 11.5 Å². The van der Waals surface area contributed by atoms with Crippen LogP contribution in [0.3, 0.4) is 0 Å². The number of aryl methyl sites for hydroxylation is 2. The molecule has 0 fully saturated rings. The highest BCUT2D eigenvalue weighted by atomic mass is 16.1. The van der Waals surface area contributed by atoms with Gasteiger partial charge in [0.25, 0.3) is 5.56 Å². The van der Waals surface area contributed by atoms with Crippen molar-refractivity contribution in [3.8, 4) is 0 Å². The molecule has 0 amide bonds. The van der Waals surface area contributed by atoms with Gasteiger partial charge in [0.15, 0.2) is 0 Å². The largest absolute Gasteiger partial charge is 0.298 e. The van der Waals surface area contributed by atoms with Crippen LogP contribution in [0.25, 0.3) is 16.6 Å². The fourth-order valence-electron chi connectivity index (χ4n) is 2.77. The van der Waals surface area contributed by atoms with E-state index in [0.717, 1.165) is 17.0 Å². The predicted molar refractivity (Wildman–Crippen MR) is 93.7 cm³/mol. The van der Waals surface area contributed by atoms with Gasteiger partial charge >= 0.3 is 0 Å². The van der Waals surface area contributed by atoms with E-state index < -0.39 is 0 Å². The summed E-state index contributed by atoms with van der Waals surface area (Å²) in [6, 6.07) is 13.1. The van der Waals surface area contributed by atoms with E-state index in [1.165, 1.54) is 4.68 Å². The Morgan fingerprint density at radius 3 is 2.71 bits per heavy atom.